The Morgan fingerprint density at radius 2 is 2.29 bits per heavy atom. The molecule has 1 rings (SSSR count). The molecule has 5 nitrogen and oxygen atoms in total. The first kappa shape index (κ1) is 14.2. The van der Waals surface area contributed by atoms with Gasteiger partial charge in [0, 0.05) is 18.3 Å². The van der Waals surface area contributed by atoms with Gasteiger partial charge in [0.2, 0.25) is 0 Å². The van der Waals surface area contributed by atoms with Crippen molar-refractivity contribution in [1.29, 1.82) is 0 Å². The Bertz CT molecular complexity index is 267. The smallest absolute Gasteiger partial charge is 0.323 e. The molecule has 0 radical (unpaired) electrons. The predicted molar refractivity (Wildman–Crippen MR) is 68.4 cm³/mol. The summed E-state index contributed by atoms with van der Waals surface area (Å²) < 4.78 is 0. The first-order valence-corrected chi connectivity index (χ1v) is 7.14. The molecule has 2 amide bonds. The Morgan fingerprint density at radius 1 is 1.53 bits per heavy atom. The van der Waals surface area contributed by atoms with Gasteiger partial charge in [-0.15, -0.1) is 0 Å². The highest BCUT2D eigenvalue weighted by atomic mass is 32.2. The van der Waals surface area contributed by atoms with Crippen molar-refractivity contribution < 1.29 is 14.7 Å². The van der Waals surface area contributed by atoms with Gasteiger partial charge in [-0.05, 0) is 25.0 Å². The third kappa shape index (κ3) is 5.30. The number of amides is 2. The van der Waals surface area contributed by atoms with Crippen LogP contribution >= 0.6 is 11.8 Å². The molecule has 1 aliphatic rings. The molecule has 0 aliphatic carbocycles. The van der Waals surface area contributed by atoms with Crippen molar-refractivity contribution in [3.63, 3.8) is 0 Å². The van der Waals surface area contributed by atoms with Gasteiger partial charge in [-0.25, -0.2) is 4.79 Å². The molecule has 17 heavy (non-hydrogen) atoms. The van der Waals surface area contributed by atoms with E-state index in [0.29, 0.717) is 6.54 Å². The molecule has 0 aromatic heterocycles. The fraction of sp³-hybridized carbons (Fsp3) is 0.818. The van der Waals surface area contributed by atoms with E-state index in [-0.39, 0.29) is 18.6 Å². The molecule has 1 unspecified atom stereocenters. The van der Waals surface area contributed by atoms with Gasteiger partial charge < -0.3 is 15.3 Å². The summed E-state index contributed by atoms with van der Waals surface area (Å²) in [5.41, 5.74) is 0. The van der Waals surface area contributed by atoms with E-state index in [1.807, 2.05) is 18.7 Å². The lowest BCUT2D eigenvalue weighted by atomic mass is 10.2. The number of aliphatic carboxylic acids is 1. The maximum absolute atomic E-state index is 11.9. The van der Waals surface area contributed by atoms with Gasteiger partial charge in [0.1, 0.15) is 6.54 Å². The third-order valence-electron chi connectivity index (χ3n) is 2.59. The molecule has 2 N–H and O–H groups in total. The normalized spacial score (nSPS) is 19.7. The van der Waals surface area contributed by atoms with Crippen LogP contribution in [0, 0.1) is 0 Å². The summed E-state index contributed by atoms with van der Waals surface area (Å²) in [7, 11) is 0. The van der Waals surface area contributed by atoms with Gasteiger partial charge in [0.25, 0.3) is 0 Å². The van der Waals surface area contributed by atoms with Gasteiger partial charge >= 0.3 is 12.0 Å². The number of nitrogens with one attached hydrogen (secondary N) is 1. The monoisotopic (exact) mass is 260 g/mol. The van der Waals surface area contributed by atoms with Gasteiger partial charge in [-0.3, -0.25) is 4.79 Å². The highest BCUT2D eigenvalue weighted by Gasteiger charge is 2.20. The van der Waals surface area contributed by atoms with Crippen molar-refractivity contribution in [3.8, 4) is 0 Å². The van der Waals surface area contributed by atoms with Crippen molar-refractivity contribution in [2.75, 3.05) is 24.6 Å². The van der Waals surface area contributed by atoms with Crippen molar-refractivity contribution >= 4 is 23.8 Å². The number of urea groups is 1. The largest absolute Gasteiger partial charge is 0.480 e. The SMILES string of the molecule is CCCN(CC(=O)O)C(=O)NC1CCCSC1. The van der Waals surface area contributed by atoms with Gasteiger partial charge in [0.05, 0.1) is 0 Å². The second-order valence-electron chi connectivity index (χ2n) is 4.18. The van der Waals surface area contributed by atoms with E-state index in [2.05, 4.69) is 5.32 Å². The highest BCUT2D eigenvalue weighted by Crippen LogP contribution is 2.17. The first-order chi connectivity index (χ1) is 8.13. The van der Waals surface area contributed by atoms with Crippen LogP contribution in [0.25, 0.3) is 0 Å². The molecule has 0 aromatic carbocycles. The number of hydrogen-bond donors (Lipinski definition) is 2. The number of nitrogens with zero attached hydrogens (tertiary/aromatic N) is 1. The molecular weight excluding hydrogens is 240 g/mol. The Balaban J connectivity index is 2.42. The summed E-state index contributed by atoms with van der Waals surface area (Å²) in [5, 5.41) is 11.7. The average Bonchev–Trinajstić information content (AvgIpc) is 2.29. The minimum atomic E-state index is -0.966. The van der Waals surface area contributed by atoms with Gasteiger partial charge in [-0.1, -0.05) is 6.92 Å². The fourth-order valence-electron chi connectivity index (χ4n) is 1.81. The lowest BCUT2D eigenvalue weighted by Crippen LogP contribution is -2.48. The first-order valence-electron chi connectivity index (χ1n) is 5.98. The summed E-state index contributed by atoms with van der Waals surface area (Å²) >= 11 is 1.83. The molecule has 1 fully saturated rings. The molecule has 1 saturated heterocycles. The van der Waals surface area contributed by atoms with Crippen LogP contribution in [0.4, 0.5) is 4.79 Å². The quantitative estimate of drug-likeness (QED) is 0.783. The van der Waals surface area contributed by atoms with Crippen LogP contribution in [0.2, 0.25) is 0 Å². The number of thioether (sulfide) groups is 1. The number of hydrogen-bond acceptors (Lipinski definition) is 3. The van der Waals surface area contributed by atoms with Crippen LogP contribution in [-0.2, 0) is 4.79 Å². The minimum absolute atomic E-state index is 0.189. The molecular formula is C11H20N2O3S. The van der Waals surface area contributed by atoms with E-state index in [9.17, 15) is 9.59 Å². The molecule has 0 spiro atoms. The molecule has 98 valence electrons. The topological polar surface area (TPSA) is 69.6 Å². The summed E-state index contributed by atoms with van der Waals surface area (Å²) in [6.45, 7) is 2.19. The molecule has 0 saturated carbocycles. The number of carbonyl (C=O) groups excluding carboxylic acids is 1. The third-order valence-corrected chi connectivity index (χ3v) is 3.81. The van der Waals surface area contributed by atoms with Crippen molar-refractivity contribution in [3.05, 3.63) is 0 Å². The number of carboxylic acids is 1. The van der Waals surface area contributed by atoms with E-state index in [1.54, 1.807) is 0 Å². The Labute approximate surface area is 106 Å². The molecule has 0 bridgehead atoms. The zero-order valence-electron chi connectivity index (χ0n) is 10.1. The maximum Gasteiger partial charge on any atom is 0.323 e. The van der Waals surface area contributed by atoms with E-state index < -0.39 is 5.97 Å². The zero-order chi connectivity index (χ0) is 12.7. The van der Waals surface area contributed by atoms with Crippen LogP contribution in [-0.4, -0.2) is 52.6 Å². The summed E-state index contributed by atoms with van der Waals surface area (Å²) in [5.74, 6) is 1.12. The van der Waals surface area contributed by atoms with Crippen LogP contribution in [0.15, 0.2) is 0 Å². The fourth-order valence-corrected chi connectivity index (χ4v) is 2.88. The molecule has 0 aromatic rings. The van der Waals surface area contributed by atoms with Crippen LogP contribution in [0.5, 0.6) is 0 Å². The molecule has 1 atom stereocenters. The lowest BCUT2D eigenvalue weighted by molar-refractivity contribution is -0.137. The maximum atomic E-state index is 11.9. The van der Waals surface area contributed by atoms with Crippen LogP contribution in [0.3, 0.4) is 0 Å². The molecule has 6 heteroatoms. The zero-order valence-corrected chi connectivity index (χ0v) is 11.0. The van der Waals surface area contributed by atoms with Gasteiger partial charge in [0.15, 0.2) is 0 Å². The number of carboxylic acid groups (broad SMARTS) is 1. The minimum Gasteiger partial charge on any atom is -0.480 e. The van der Waals surface area contributed by atoms with Crippen molar-refractivity contribution in [2.24, 2.45) is 0 Å². The van der Waals surface area contributed by atoms with E-state index >= 15 is 0 Å². The standard InChI is InChI=1S/C11H20N2O3S/c1-2-5-13(7-10(14)15)11(16)12-9-4-3-6-17-8-9/h9H,2-8H2,1H3,(H,12,16)(H,14,15). The lowest BCUT2D eigenvalue weighted by Gasteiger charge is -2.27. The van der Waals surface area contributed by atoms with E-state index in [4.69, 9.17) is 5.11 Å². The van der Waals surface area contributed by atoms with E-state index in [1.165, 1.54) is 4.90 Å². The van der Waals surface area contributed by atoms with Crippen LogP contribution in [0.1, 0.15) is 26.2 Å². The Kier molecular flexibility index (Phi) is 6.18. The van der Waals surface area contributed by atoms with E-state index in [0.717, 1.165) is 30.8 Å². The average molecular weight is 260 g/mol. The second kappa shape index (κ2) is 7.42. The Hall–Kier alpha value is -0.910. The summed E-state index contributed by atoms with van der Waals surface area (Å²) in [4.78, 5) is 23.9. The molecule has 1 aliphatic heterocycles. The van der Waals surface area contributed by atoms with Crippen LogP contribution < -0.4 is 5.32 Å². The predicted octanol–water partition coefficient (Wildman–Crippen LogP) is 1.39. The Morgan fingerprint density at radius 3 is 2.82 bits per heavy atom. The highest BCUT2D eigenvalue weighted by molar-refractivity contribution is 7.99. The summed E-state index contributed by atoms with van der Waals surface area (Å²) in [6.07, 6.45) is 2.87. The van der Waals surface area contributed by atoms with Crippen molar-refractivity contribution in [1.82, 2.24) is 10.2 Å². The second-order valence-corrected chi connectivity index (χ2v) is 5.33. The summed E-state index contributed by atoms with van der Waals surface area (Å²) in [6, 6.07) is -0.0591. The number of carbonyl (C=O) groups is 2. The molecule has 1 heterocycles. The van der Waals surface area contributed by atoms with Crippen molar-refractivity contribution in [2.45, 2.75) is 32.2 Å². The number of rotatable bonds is 5. The van der Waals surface area contributed by atoms with Gasteiger partial charge in [-0.2, -0.15) is 11.8 Å².